The summed E-state index contributed by atoms with van der Waals surface area (Å²) in [5.74, 6) is 0.440. The summed E-state index contributed by atoms with van der Waals surface area (Å²) >= 11 is 0. The van der Waals surface area contributed by atoms with Crippen LogP contribution in [0.15, 0.2) is 18.6 Å². The normalized spacial score (nSPS) is 22.9. The van der Waals surface area contributed by atoms with Gasteiger partial charge in [0.15, 0.2) is 0 Å². The molecule has 2 aliphatic rings. The fourth-order valence-corrected chi connectivity index (χ4v) is 3.82. The van der Waals surface area contributed by atoms with E-state index in [4.69, 9.17) is 0 Å². The summed E-state index contributed by atoms with van der Waals surface area (Å²) in [4.78, 5) is 37.3. The van der Waals surface area contributed by atoms with Crippen molar-refractivity contribution in [3.63, 3.8) is 0 Å². The van der Waals surface area contributed by atoms with Gasteiger partial charge in [-0.15, -0.1) is 0 Å². The van der Waals surface area contributed by atoms with Gasteiger partial charge in [0.2, 0.25) is 11.8 Å². The second-order valence-electron chi connectivity index (χ2n) is 7.13. The van der Waals surface area contributed by atoms with Gasteiger partial charge in [-0.2, -0.15) is 0 Å². The molecule has 136 valence electrons. The summed E-state index contributed by atoms with van der Waals surface area (Å²) in [7, 11) is 0. The van der Waals surface area contributed by atoms with E-state index in [0.717, 1.165) is 38.2 Å². The van der Waals surface area contributed by atoms with Crippen LogP contribution < -0.4 is 5.32 Å². The van der Waals surface area contributed by atoms with Gasteiger partial charge in [0.1, 0.15) is 6.33 Å². The predicted molar refractivity (Wildman–Crippen MR) is 93.8 cm³/mol. The summed E-state index contributed by atoms with van der Waals surface area (Å²) in [5, 5.41) is 2.89. The monoisotopic (exact) mass is 345 g/mol. The summed E-state index contributed by atoms with van der Waals surface area (Å²) in [6, 6.07) is 1.86. The molecule has 1 aromatic heterocycles. The standard InChI is InChI=1S/C18H27N5O2/c1-13(2)23-10-7-20-18(25)16(23)11-17(24)22-8-4-14(5-9-22)15-3-6-19-12-21-15/h3,6,12-14,16H,4-5,7-11H2,1-2H3,(H,20,25). The zero-order chi connectivity index (χ0) is 17.8. The molecule has 25 heavy (non-hydrogen) atoms. The minimum Gasteiger partial charge on any atom is -0.353 e. The van der Waals surface area contributed by atoms with Gasteiger partial charge in [0.25, 0.3) is 0 Å². The first kappa shape index (κ1) is 17.8. The number of carbonyl (C=O) groups is 2. The summed E-state index contributed by atoms with van der Waals surface area (Å²) in [5.41, 5.74) is 1.06. The fourth-order valence-electron chi connectivity index (χ4n) is 3.82. The van der Waals surface area contributed by atoms with Crippen LogP contribution in [0.25, 0.3) is 0 Å². The first-order valence-electron chi connectivity index (χ1n) is 9.13. The number of rotatable bonds is 4. The Morgan fingerprint density at radius 2 is 2.08 bits per heavy atom. The lowest BCUT2D eigenvalue weighted by Crippen LogP contribution is -2.58. The van der Waals surface area contributed by atoms with Crippen molar-refractivity contribution >= 4 is 11.8 Å². The maximum absolute atomic E-state index is 12.7. The van der Waals surface area contributed by atoms with Crippen molar-refractivity contribution in [2.45, 2.75) is 51.1 Å². The van der Waals surface area contributed by atoms with Crippen molar-refractivity contribution in [3.8, 4) is 0 Å². The molecule has 1 unspecified atom stereocenters. The first-order valence-corrected chi connectivity index (χ1v) is 9.13. The van der Waals surface area contributed by atoms with Gasteiger partial charge in [-0.25, -0.2) is 9.97 Å². The van der Waals surface area contributed by atoms with Crippen molar-refractivity contribution < 1.29 is 9.59 Å². The lowest BCUT2D eigenvalue weighted by molar-refractivity contribution is -0.140. The molecule has 0 radical (unpaired) electrons. The first-order chi connectivity index (χ1) is 12.1. The maximum atomic E-state index is 12.7. The second-order valence-corrected chi connectivity index (χ2v) is 7.13. The van der Waals surface area contributed by atoms with E-state index in [1.807, 2.05) is 11.0 Å². The van der Waals surface area contributed by atoms with Gasteiger partial charge in [0, 0.05) is 50.0 Å². The fraction of sp³-hybridized carbons (Fsp3) is 0.667. The largest absolute Gasteiger partial charge is 0.353 e. The molecule has 1 atom stereocenters. The van der Waals surface area contributed by atoms with Crippen molar-refractivity contribution in [2.24, 2.45) is 0 Å². The van der Waals surface area contributed by atoms with Crippen molar-refractivity contribution in [1.82, 2.24) is 25.1 Å². The summed E-state index contributed by atoms with van der Waals surface area (Å²) in [6.45, 7) is 7.06. The van der Waals surface area contributed by atoms with Crippen LogP contribution in [0.5, 0.6) is 0 Å². The number of carbonyl (C=O) groups excluding carboxylic acids is 2. The van der Waals surface area contributed by atoms with Crippen LogP contribution >= 0.6 is 0 Å². The molecule has 0 aromatic carbocycles. The summed E-state index contributed by atoms with van der Waals surface area (Å²) < 4.78 is 0. The number of piperidine rings is 1. The highest BCUT2D eigenvalue weighted by molar-refractivity contribution is 5.89. The SMILES string of the molecule is CC(C)N1CCNC(=O)C1CC(=O)N1CCC(c2ccncn2)CC1. The molecular formula is C18H27N5O2. The van der Waals surface area contributed by atoms with Gasteiger partial charge in [0.05, 0.1) is 12.5 Å². The van der Waals surface area contributed by atoms with E-state index in [-0.39, 0.29) is 30.3 Å². The van der Waals surface area contributed by atoms with E-state index in [2.05, 4.69) is 34.0 Å². The number of aromatic nitrogens is 2. The number of amides is 2. The third-order valence-corrected chi connectivity index (χ3v) is 5.27. The average Bonchev–Trinajstić information content (AvgIpc) is 2.64. The minimum absolute atomic E-state index is 0.0239. The molecule has 2 fully saturated rings. The zero-order valence-corrected chi connectivity index (χ0v) is 15.0. The molecule has 0 spiro atoms. The second kappa shape index (κ2) is 7.91. The molecule has 2 saturated heterocycles. The van der Waals surface area contributed by atoms with Crippen LogP contribution in [0.2, 0.25) is 0 Å². The van der Waals surface area contributed by atoms with Crippen LogP contribution in [0.4, 0.5) is 0 Å². The van der Waals surface area contributed by atoms with Crippen molar-refractivity contribution in [3.05, 3.63) is 24.3 Å². The molecule has 0 saturated carbocycles. The molecule has 7 heteroatoms. The Hall–Kier alpha value is -2.02. The van der Waals surface area contributed by atoms with E-state index in [9.17, 15) is 9.59 Å². The molecule has 1 aromatic rings. The predicted octanol–water partition coefficient (Wildman–Crippen LogP) is 0.782. The van der Waals surface area contributed by atoms with Crippen LogP contribution in [0.3, 0.4) is 0 Å². The third kappa shape index (κ3) is 4.15. The Morgan fingerprint density at radius 1 is 1.32 bits per heavy atom. The number of piperazine rings is 1. The molecule has 1 N–H and O–H groups in total. The number of nitrogens with zero attached hydrogens (tertiary/aromatic N) is 4. The van der Waals surface area contributed by atoms with Crippen LogP contribution in [0.1, 0.15) is 44.7 Å². The maximum Gasteiger partial charge on any atom is 0.237 e. The molecule has 2 aliphatic heterocycles. The zero-order valence-electron chi connectivity index (χ0n) is 15.0. The van der Waals surface area contributed by atoms with Crippen molar-refractivity contribution in [1.29, 1.82) is 0 Å². The van der Waals surface area contributed by atoms with Gasteiger partial charge in [-0.3, -0.25) is 14.5 Å². The molecule has 2 amide bonds. The average molecular weight is 345 g/mol. The Balaban J connectivity index is 1.56. The quantitative estimate of drug-likeness (QED) is 0.872. The van der Waals surface area contributed by atoms with Crippen LogP contribution in [-0.2, 0) is 9.59 Å². The highest BCUT2D eigenvalue weighted by Crippen LogP contribution is 2.27. The van der Waals surface area contributed by atoms with Crippen LogP contribution in [0, 0.1) is 0 Å². The Kier molecular flexibility index (Phi) is 5.63. The molecule has 0 bridgehead atoms. The Bertz CT molecular complexity index is 599. The molecule has 0 aliphatic carbocycles. The number of nitrogens with one attached hydrogen (secondary N) is 1. The van der Waals surface area contributed by atoms with Gasteiger partial charge < -0.3 is 10.2 Å². The van der Waals surface area contributed by atoms with E-state index < -0.39 is 0 Å². The van der Waals surface area contributed by atoms with E-state index >= 15 is 0 Å². The minimum atomic E-state index is -0.346. The molecule has 3 rings (SSSR count). The van der Waals surface area contributed by atoms with Crippen LogP contribution in [-0.4, -0.2) is 69.8 Å². The molecular weight excluding hydrogens is 318 g/mol. The van der Waals surface area contributed by atoms with Crippen molar-refractivity contribution in [2.75, 3.05) is 26.2 Å². The number of likely N-dealkylation sites (tertiary alicyclic amines) is 1. The topological polar surface area (TPSA) is 78.4 Å². The van der Waals surface area contributed by atoms with E-state index in [1.54, 1.807) is 12.5 Å². The Labute approximate surface area is 148 Å². The molecule has 7 nitrogen and oxygen atoms in total. The Morgan fingerprint density at radius 3 is 2.72 bits per heavy atom. The lowest BCUT2D eigenvalue weighted by Gasteiger charge is -2.39. The highest BCUT2D eigenvalue weighted by atomic mass is 16.2. The van der Waals surface area contributed by atoms with E-state index in [1.165, 1.54) is 0 Å². The highest BCUT2D eigenvalue weighted by Gasteiger charge is 2.35. The third-order valence-electron chi connectivity index (χ3n) is 5.27. The van der Waals surface area contributed by atoms with Gasteiger partial charge in [-0.1, -0.05) is 0 Å². The van der Waals surface area contributed by atoms with Gasteiger partial charge >= 0.3 is 0 Å². The summed E-state index contributed by atoms with van der Waals surface area (Å²) in [6.07, 6.45) is 5.43. The molecule has 3 heterocycles. The lowest BCUT2D eigenvalue weighted by atomic mass is 9.93. The van der Waals surface area contributed by atoms with E-state index in [0.29, 0.717) is 12.5 Å². The van der Waals surface area contributed by atoms with Gasteiger partial charge in [-0.05, 0) is 32.8 Å². The number of hydrogen-bond acceptors (Lipinski definition) is 5. The number of hydrogen-bond donors (Lipinski definition) is 1. The smallest absolute Gasteiger partial charge is 0.237 e.